The summed E-state index contributed by atoms with van der Waals surface area (Å²) in [7, 11) is -1.96. The molecule has 2 heterocycles. The molecule has 4 rings (SSSR count). The minimum atomic E-state index is -3.63. The van der Waals surface area contributed by atoms with Gasteiger partial charge in [-0.25, -0.2) is 8.42 Å². The van der Waals surface area contributed by atoms with Crippen molar-refractivity contribution in [1.29, 1.82) is 0 Å². The van der Waals surface area contributed by atoms with E-state index in [1.54, 1.807) is 36.6 Å². The minimum Gasteiger partial charge on any atom is -0.350 e. The van der Waals surface area contributed by atoms with Crippen LogP contribution >= 0.6 is 11.3 Å². The molecule has 6 nitrogen and oxygen atoms in total. The van der Waals surface area contributed by atoms with E-state index < -0.39 is 10.0 Å². The van der Waals surface area contributed by atoms with E-state index in [1.807, 2.05) is 6.07 Å². The Balaban J connectivity index is 1.45. The molecule has 1 aromatic carbocycles. The van der Waals surface area contributed by atoms with E-state index in [1.165, 1.54) is 34.5 Å². The lowest BCUT2D eigenvalue weighted by molar-refractivity contribution is 0.0938. The predicted octanol–water partition coefficient (Wildman–Crippen LogP) is 4.27. The van der Waals surface area contributed by atoms with Crippen molar-refractivity contribution in [3.8, 4) is 0 Å². The molecule has 0 radical (unpaired) electrons. The summed E-state index contributed by atoms with van der Waals surface area (Å²) in [4.78, 5) is 16.8. The van der Waals surface area contributed by atoms with Crippen molar-refractivity contribution in [2.45, 2.75) is 61.9 Å². The van der Waals surface area contributed by atoms with Crippen LogP contribution in [0.15, 0.2) is 46.7 Å². The summed E-state index contributed by atoms with van der Waals surface area (Å²) in [5.41, 5.74) is 0.384. The van der Waals surface area contributed by atoms with E-state index in [2.05, 4.69) is 21.7 Å². The van der Waals surface area contributed by atoms with E-state index >= 15 is 0 Å². The second-order valence-corrected chi connectivity index (χ2v) is 11.8. The monoisotopic (exact) mass is 475 g/mol. The van der Waals surface area contributed by atoms with E-state index in [4.69, 9.17) is 0 Å². The highest BCUT2D eigenvalue weighted by atomic mass is 32.2. The molecule has 0 bridgehead atoms. The third-order valence-corrected chi connectivity index (χ3v) is 9.65. The molecule has 0 spiro atoms. The third kappa shape index (κ3) is 5.25. The first-order chi connectivity index (χ1) is 15.5. The number of rotatable bonds is 8. The highest BCUT2D eigenvalue weighted by molar-refractivity contribution is 7.89. The van der Waals surface area contributed by atoms with Gasteiger partial charge in [0.05, 0.1) is 10.9 Å². The molecule has 32 heavy (non-hydrogen) atoms. The minimum absolute atomic E-state index is 0.0400. The highest BCUT2D eigenvalue weighted by Gasteiger charge is 2.30. The fraction of sp³-hybridized carbons (Fsp3) is 0.542. The number of benzene rings is 1. The molecule has 1 aliphatic heterocycles. The van der Waals surface area contributed by atoms with Crippen molar-refractivity contribution in [2.75, 3.05) is 26.7 Å². The molecule has 8 heteroatoms. The Labute approximate surface area is 195 Å². The number of carbonyl (C=O) groups is 1. The van der Waals surface area contributed by atoms with Gasteiger partial charge in [0.15, 0.2) is 0 Å². The number of sulfonamides is 1. The number of amides is 1. The molecule has 174 valence electrons. The lowest BCUT2D eigenvalue weighted by atomic mass is 9.96. The Hall–Kier alpha value is -1.74. The zero-order valence-corrected chi connectivity index (χ0v) is 20.3. The molecule has 1 N–H and O–H groups in total. The Morgan fingerprint density at radius 2 is 1.88 bits per heavy atom. The molecule has 1 atom stereocenters. The number of thiophene rings is 1. The van der Waals surface area contributed by atoms with Gasteiger partial charge in [0.1, 0.15) is 0 Å². The Morgan fingerprint density at radius 1 is 1.12 bits per heavy atom. The standard InChI is InChI=1S/C24H33N3O3S2/c1-26(20-10-3-2-4-11-20)32(29,30)21-12-7-9-19(17-21)24(28)25-18-22(23-13-8-16-31-23)27-14-5-6-15-27/h7-9,12-13,16-17,20,22H,2-6,10-11,14-15,18H2,1H3,(H,25,28). The highest BCUT2D eigenvalue weighted by Crippen LogP contribution is 2.29. The molecule has 1 aliphatic carbocycles. The first-order valence-electron chi connectivity index (χ1n) is 11.6. The number of hydrogen-bond acceptors (Lipinski definition) is 5. The summed E-state index contributed by atoms with van der Waals surface area (Å²) in [6.45, 7) is 2.59. The van der Waals surface area contributed by atoms with Crippen molar-refractivity contribution in [2.24, 2.45) is 0 Å². The lowest BCUT2D eigenvalue weighted by Gasteiger charge is -2.30. The summed E-state index contributed by atoms with van der Waals surface area (Å²) >= 11 is 1.71. The van der Waals surface area contributed by atoms with Crippen molar-refractivity contribution >= 4 is 27.3 Å². The summed E-state index contributed by atoms with van der Waals surface area (Å²) < 4.78 is 27.9. The van der Waals surface area contributed by atoms with Crippen LogP contribution in [-0.2, 0) is 10.0 Å². The zero-order valence-electron chi connectivity index (χ0n) is 18.7. The van der Waals surface area contributed by atoms with E-state index in [-0.39, 0.29) is 22.9 Å². The SMILES string of the molecule is CN(C1CCCCC1)S(=O)(=O)c1cccc(C(=O)NCC(c2cccs2)N2CCCC2)c1. The number of likely N-dealkylation sites (tertiary alicyclic amines) is 1. The summed E-state index contributed by atoms with van der Waals surface area (Å²) in [6.07, 6.45) is 7.47. The van der Waals surface area contributed by atoms with Crippen LogP contribution in [0.2, 0.25) is 0 Å². The van der Waals surface area contributed by atoms with Crippen LogP contribution in [0.4, 0.5) is 0 Å². The Bertz CT molecular complexity index is 995. The van der Waals surface area contributed by atoms with Gasteiger partial charge in [0.25, 0.3) is 5.91 Å². The van der Waals surface area contributed by atoms with Gasteiger partial charge in [-0.15, -0.1) is 11.3 Å². The van der Waals surface area contributed by atoms with Gasteiger partial charge in [-0.05, 0) is 68.4 Å². The summed E-state index contributed by atoms with van der Waals surface area (Å²) in [5.74, 6) is -0.233. The summed E-state index contributed by atoms with van der Waals surface area (Å²) in [6, 6.07) is 10.8. The third-order valence-electron chi connectivity index (χ3n) is 6.77. The fourth-order valence-corrected chi connectivity index (χ4v) is 7.16. The van der Waals surface area contributed by atoms with Gasteiger partial charge in [-0.2, -0.15) is 4.31 Å². The zero-order chi connectivity index (χ0) is 22.6. The summed E-state index contributed by atoms with van der Waals surface area (Å²) in [5, 5.41) is 5.12. The van der Waals surface area contributed by atoms with Gasteiger partial charge >= 0.3 is 0 Å². The maximum absolute atomic E-state index is 13.2. The van der Waals surface area contributed by atoms with E-state index in [0.29, 0.717) is 12.1 Å². The second kappa shape index (κ2) is 10.5. The second-order valence-electron chi connectivity index (χ2n) is 8.83. The first-order valence-corrected chi connectivity index (χ1v) is 13.9. The predicted molar refractivity (Wildman–Crippen MR) is 128 cm³/mol. The molecule has 2 aliphatic rings. The van der Waals surface area contributed by atoms with E-state index in [0.717, 1.165) is 38.8 Å². The lowest BCUT2D eigenvalue weighted by Crippen LogP contribution is -2.38. The van der Waals surface area contributed by atoms with Crippen LogP contribution in [0.25, 0.3) is 0 Å². The average molecular weight is 476 g/mol. The van der Waals surface area contributed by atoms with Gasteiger partial charge in [0, 0.05) is 30.1 Å². The quantitative estimate of drug-likeness (QED) is 0.619. The molecular weight excluding hydrogens is 442 g/mol. The van der Waals surface area contributed by atoms with E-state index in [9.17, 15) is 13.2 Å². The largest absolute Gasteiger partial charge is 0.350 e. The van der Waals surface area contributed by atoms with Crippen LogP contribution in [0.3, 0.4) is 0 Å². The van der Waals surface area contributed by atoms with Gasteiger partial charge in [-0.1, -0.05) is 31.4 Å². The molecule has 1 unspecified atom stereocenters. The number of hydrogen-bond donors (Lipinski definition) is 1. The fourth-order valence-electron chi connectivity index (χ4n) is 4.84. The van der Waals surface area contributed by atoms with Crippen LogP contribution < -0.4 is 5.32 Å². The average Bonchev–Trinajstić information content (AvgIpc) is 3.54. The Kier molecular flexibility index (Phi) is 7.66. The maximum atomic E-state index is 13.2. The van der Waals surface area contributed by atoms with Crippen LogP contribution in [-0.4, -0.2) is 56.3 Å². The normalized spacial score (nSPS) is 19.3. The first kappa shape index (κ1) is 23.4. The number of carbonyl (C=O) groups excluding carboxylic acids is 1. The maximum Gasteiger partial charge on any atom is 0.251 e. The molecule has 1 amide bonds. The molecule has 2 fully saturated rings. The topological polar surface area (TPSA) is 69.7 Å². The van der Waals surface area contributed by atoms with Crippen molar-refractivity contribution in [3.63, 3.8) is 0 Å². The van der Waals surface area contributed by atoms with Crippen molar-refractivity contribution in [1.82, 2.24) is 14.5 Å². The van der Waals surface area contributed by atoms with Gasteiger partial charge in [0.2, 0.25) is 10.0 Å². The van der Waals surface area contributed by atoms with Crippen LogP contribution in [0.5, 0.6) is 0 Å². The molecule has 2 aromatic rings. The Morgan fingerprint density at radius 3 is 2.56 bits per heavy atom. The van der Waals surface area contributed by atoms with Crippen LogP contribution in [0.1, 0.15) is 66.2 Å². The molecule has 1 saturated heterocycles. The smallest absolute Gasteiger partial charge is 0.251 e. The van der Waals surface area contributed by atoms with Gasteiger partial charge < -0.3 is 5.32 Å². The molecular formula is C24H33N3O3S2. The number of nitrogens with zero attached hydrogens (tertiary/aromatic N) is 2. The molecule has 1 saturated carbocycles. The van der Waals surface area contributed by atoms with Crippen molar-refractivity contribution < 1.29 is 13.2 Å². The molecule has 1 aromatic heterocycles. The van der Waals surface area contributed by atoms with Crippen LogP contribution in [0, 0.1) is 0 Å². The van der Waals surface area contributed by atoms with Crippen molar-refractivity contribution in [3.05, 3.63) is 52.2 Å². The number of nitrogens with one attached hydrogen (secondary N) is 1. The van der Waals surface area contributed by atoms with Gasteiger partial charge in [-0.3, -0.25) is 9.69 Å².